The molecule has 72 valence electrons. The highest BCUT2D eigenvalue weighted by Gasteiger charge is 2.13. The lowest BCUT2D eigenvalue weighted by atomic mass is 10.2. The fourth-order valence-corrected chi connectivity index (χ4v) is 1.07. The van der Waals surface area contributed by atoms with Gasteiger partial charge in [0, 0.05) is 6.07 Å². The maximum atomic E-state index is 12.8. The molecule has 0 aliphatic heterocycles. The van der Waals surface area contributed by atoms with Gasteiger partial charge in [-0.1, -0.05) is 0 Å². The van der Waals surface area contributed by atoms with Crippen LogP contribution in [0.3, 0.4) is 0 Å². The summed E-state index contributed by atoms with van der Waals surface area (Å²) in [6.07, 6.45) is -2.90. The van der Waals surface area contributed by atoms with Gasteiger partial charge in [-0.2, -0.15) is 4.39 Å². The van der Waals surface area contributed by atoms with Crippen LogP contribution in [0.2, 0.25) is 0 Å². The third-order valence-corrected chi connectivity index (χ3v) is 1.74. The van der Waals surface area contributed by atoms with Gasteiger partial charge in [-0.25, -0.2) is 8.78 Å². The van der Waals surface area contributed by atoms with E-state index in [1.54, 1.807) is 4.98 Å². The van der Waals surface area contributed by atoms with Crippen LogP contribution in [0.4, 0.5) is 13.2 Å². The summed E-state index contributed by atoms with van der Waals surface area (Å²) >= 11 is 5.22. The van der Waals surface area contributed by atoms with Gasteiger partial charge in [0.05, 0.1) is 17.1 Å². The first-order valence-electron chi connectivity index (χ1n) is 3.32. The molecule has 0 aromatic carbocycles. The molecule has 0 aliphatic carbocycles. The first-order chi connectivity index (χ1) is 6.06. The minimum atomic E-state index is -2.90. The minimum absolute atomic E-state index is 0.328. The average Bonchev–Trinajstić information content (AvgIpc) is 2.03. The number of pyridine rings is 1. The van der Waals surface area contributed by atoms with E-state index in [1.165, 1.54) is 0 Å². The molecule has 0 amide bonds. The highest BCUT2D eigenvalue weighted by atomic mass is 35.5. The SMILES string of the molecule is O=c1cc(C(F)F)[nH]c(F)c1CCl. The number of halogens is 4. The lowest BCUT2D eigenvalue weighted by Crippen LogP contribution is -2.13. The Morgan fingerprint density at radius 1 is 1.54 bits per heavy atom. The smallest absolute Gasteiger partial charge is 0.278 e. The molecule has 6 heteroatoms. The molecule has 1 N–H and O–H groups in total. The van der Waals surface area contributed by atoms with Gasteiger partial charge >= 0.3 is 0 Å². The maximum absolute atomic E-state index is 12.8. The Balaban J connectivity index is 3.29. The van der Waals surface area contributed by atoms with Crippen molar-refractivity contribution in [3.63, 3.8) is 0 Å². The van der Waals surface area contributed by atoms with Crippen LogP contribution in [0.5, 0.6) is 0 Å². The van der Waals surface area contributed by atoms with Crippen molar-refractivity contribution in [2.45, 2.75) is 12.3 Å². The number of hydrogen-bond acceptors (Lipinski definition) is 1. The molecule has 1 rings (SSSR count). The average molecular weight is 212 g/mol. The Morgan fingerprint density at radius 3 is 2.54 bits per heavy atom. The Kier molecular flexibility index (Phi) is 2.98. The highest BCUT2D eigenvalue weighted by molar-refractivity contribution is 6.17. The Hall–Kier alpha value is -0.970. The molecule has 0 fully saturated rings. The second kappa shape index (κ2) is 3.83. The van der Waals surface area contributed by atoms with Crippen molar-refractivity contribution < 1.29 is 13.2 Å². The fourth-order valence-electron chi connectivity index (χ4n) is 0.817. The number of hydrogen-bond donors (Lipinski definition) is 1. The molecule has 1 aromatic heterocycles. The zero-order valence-corrected chi connectivity index (χ0v) is 7.04. The van der Waals surface area contributed by atoms with Crippen molar-refractivity contribution in [3.8, 4) is 0 Å². The molecule has 0 radical (unpaired) electrons. The van der Waals surface area contributed by atoms with Crippen molar-refractivity contribution in [3.05, 3.63) is 33.5 Å². The third kappa shape index (κ3) is 2.03. The molecule has 0 atom stereocenters. The monoisotopic (exact) mass is 211 g/mol. The Labute approximate surface area is 76.3 Å². The first kappa shape index (κ1) is 10.1. The largest absolute Gasteiger partial charge is 0.330 e. The van der Waals surface area contributed by atoms with Gasteiger partial charge in [0.2, 0.25) is 0 Å². The number of aromatic amines is 1. The van der Waals surface area contributed by atoms with Gasteiger partial charge in [-0.3, -0.25) is 4.79 Å². The Bertz CT molecular complexity index is 363. The second-order valence-electron chi connectivity index (χ2n) is 2.32. The zero-order chi connectivity index (χ0) is 10.0. The van der Waals surface area contributed by atoms with Crippen molar-refractivity contribution in [1.82, 2.24) is 4.98 Å². The topological polar surface area (TPSA) is 32.9 Å². The van der Waals surface area contributed by atoms with Crippen molar-refractivity contribution in [1.29, 1.82) is 0 Å². The predicted molar refractivity (Wildman–Crippen MR) is 41.5 cm³/mol. The van der Waals surface area contributed by atoms with Crippen molar-refractivity contribution in [2.75, 3.05) is 0 Å². The van der Waals surface area contributed by atoms with Gasteiger partial charge in [0.15, 0.2) is 11.4 Å². The quantitative estimate of drug-likeness (QED) is 0.590. The van der Waals surface area contributed by atoms with Crippen molar-refractivity contribution in [2.24, 2.45) is 0 Å². The van der Waals surface area contributed by atoms with Crippen LogP contribution >= 0.6 is 11.6 Å². The molecule has 13 heavy (non-hydrogen) atoms. The standard InChI is InChI=1S/C7H5ClF3NO/c8-2-3-5(13)1-4(6(9)10)12-7(3)11/h1,6H,2H2,(H,12,13). The molecular formula is C7H5ClF3NO. The maximum Gasteiger partial charge on any atom is 0.278 e. The summed E-state index contributed by atoms with van der Waals surface area (Å²) in [7, 11) is 0. The predicted octanol–water partition coefficient (Wildman–Crippen LogP) is 2.19. The minimum Gasteiger partial charge on any atom is -0.330 e. The van der Waals surface area contributed by atoms with Crippen molar-refractivity contribution >= 4 is 11.6 Å². The summed E-state index contributed by atoms with van der Waals surface area (Å²) < 4.78 is 36.8. The molecule has 0 unspecified atom stereocenters. The number of rotatable bonds is 2. The van der Waals surface area contributed by atoms with Gasteiger partial charge in [0.1, 0.15) is 0 Å². The first-order valence-corrected chi connectivity index (χ1v) is 3.85. The van der Waals surface area contributed by atoms with E-state index in [-0.39, 0.29) is 11.4 Å². The van der Waals surface area contributed by atoms with E-state index in [0.29, 0.717) is 6.07 Å². The second-order valence-corrected chi connectivity index (χ2v) is 2.58. The van der Waals surface area contributed by atoms with E-state index in [2.05, 4.69) is 0 Å². The van der Waals surface area contributed by atoms with E-state index in [9.17, 15) is 18.0 Å². The molecule has 0 spiro atoms. The van der Waals surface area contributed by atoms with Crippen LogP contribution in [0.15, 0.2) is 10.9 Å². The van der Waals surface area contributed by atoms with Gasteiger partial charge in [0.25, 0.3) is 6.43 Å². The lowest BCUT2D eigenvalue weighted by molar-refractivity contribution is 0.144. The molecule has 2 nitrogen and oxygen atoms in total. The summed E-state index contributed by atoms with van der Waals surface area (Å²) in [6, 6.07) is 0.644. The summed E-state index contributed by atoms with van der Waals surface area (Å²) in [5, 5.41) is 0. The molecule has 1 aromatic rings. The van der Waals surface area contributed by atoms with Crippen LogP contribution < -0.4 is 5.43 Å². The normalized spacial score (nSPS) is 10.8. The van der Waals surface area contributed by atoms with Gasteiger partial charge < -0.3 is 4.98 Å². The summed E-state index contributed by atoms with van der Waals surface area (Å²) in [5.41, 5.74) is -1.89. The van der Waals surface area contributed by atoms with E-state index >= 15 is 0 Å². The molecule has 0 aliphatic rings. The van der Waals surface area contributed by atoms with E-state index in [4.69, 9.17) is 11.6 Å². The number of alkyl halides is 3. The molecule has 0 saturated heterocycles. The molecule has 1 heterocycles. The zero-order valence-electron chi connectivity index (χ0n) is 6.28. The summed E-state index contributed by atoms with van der Waals surface area (Å²) in [6.45, 7) is 0. The van der Waals surface area contributed by atoms with E-state index in [0.717, 1.165) is 0 Å². The highest BCUT2D eigenvalue weighted by Crippen LogP contribution is 2.15. The van der Waals surface area contributed by atoms with Gasteiger partial charge in [-0.05, 0) is 0 Å². The van der Waals surface area contributed by atoms with E-state index < -0.39 is 23.5 Å². The fraction of sp³-hybridized carbons (Fsp3) is 0.286. The number of H-pyrrole nitrogens is 1. The number of aromatic nitrogens is 1. The molecule has 0 bridgehead atoms. The van der Waals surface area contributed by atoms with Crippen LogP contribution in [0.25, 0.3) is 0 Å². The molecule has 0 saturated carbocycles. The van der Waals surface area contributed by atoms with Crippen LogP contribution in [0.1, 0.15) is 17.7 Å². The van der Waals surface area contributed by atoms with Crippen LogP contribution in [-0.4, -0.2) is 4.98 Å². The summed E-state index contributed by atoms with van der Waals surface area (Å²) in [4.78, 5) is 12.7. The van der Waals surface area contributed by atoms with Crippen LogP contribution in [0, 0.1) is 5.95 Å². The van der Waals surface area contributed by atoms with Gasteiger partial charge in [-0.15, -0.1) is 11.6 Å². The number of nitrogens with one attached hydrogen (secondary N) is 1. The summed E-state index contributed by atoms with van der Waals surface area (Å²) in [5.74, 6) is -1.44. The van der Waals surface area contributed by atoms with Crippen LogP contribution in [-0.2, 0) is 5.88 Å². The third-order valence-electron chi connectivity index (χ3n) is 1.47. The Morgan fingerprint density at radius 2 is 2.15 bits per heavy atom. The van der Waals surface area contributed by atoms with E-state index in [1.807, 2.05) is 0 Å². The lowest BCUT2D eigenvalue weighted by Gasteiger charge is -2.02. The molecular weight excluding hydrogens is 207 g/mol.